The lowest BCUT2D eigenvalue weighted by atomic mass is 10.0. The molecule has 1 amide bonds. The van der Waals surface area contributed by atoms with Gasteiger partial charge < -0.3 is 15.8 Å². The molecule has 3 N–H and O–H groups in total. The number of ether oxygens (including phenoxy) is 1. The topological polar surface area (TPSA) is 81.4 Å². The van der Waals surface area contributed by atoms with Crippen molar-refractivity contribution in [1.82, 2.24) is 5.32 Å². The van der Waals surface area contributed by atoms with E-state index in [2.05, 4.69) is 5.32 Å². The van der Waals surface area contributed by atoms with Crippen molar-refractivity contribution in [3.05, 3.63) is 77.2 Å². The van der Waals surface area contributed by atoms with Gasteiger partial charge in [0.1, 0.15) is 6.04 Å². The average molecular weight is 380 g/mol. The van der Waals surface area contributed by atoms with Gasteiger partial charge in [-0.25, -0.2) is 4.79 Å². The van der Waals surface area contributed by atoms with Crippen LogP contribution < -0.4 is 11.1 Å². The van der Waals surface area contributed by atoms with E-state index in [1.165, 1.54) is 18.4 Å². The van der Waals surface area contributed by atoms with Crippen LogP contribution in [0.5, 0.6) is 0 Å². The van der Waals surface area contributed by atoms with E-state index in [0.717, 1.165) is 16.0 Å². The lowest BCUT2D eigenvalue weighted by Crippen LogP contribution is -2.43. The van der Waals surface area contributed by atoms with Crippen LogP contribution in [-0.4, -0.2) is 25.0 Å². The van der Waals surface area contributed by atoms with Crippen molar-refractivity contribution in [2.45, 2.75) is 12.5 Å². The van der Waals surface area contributed by atoms with Gasteiger partial charge in [0.2, 0.25) is 0 Å². The minimum Gasteiger partial charge on any atom is -0.467 e. The van der Waals surface area contributed by atoms with Crippen molar-refractivity contribution in [2.75, 3.05) is 12.8 Å². The Morgan fingerprint density at radius 2 is 1.89 bits per heavy atom. The first kappa shape index (κ1) is 18.7. The van der Waals surface area contributed by atoms with Crippen LogP contribution in [0.25, 0.3) is 10.4 Å². The molecule has 1 unspecified atom stereocenters. The third-order valence-electron chi connectivity index (χ3n) is 4.15. The van der Waals surface area contributed by atoms with Crippen LogP contribution in [0.4, 0.5) is 5.69 Å². The van der Waals surface area contributed by atoms with Crippen LogP contribution in [0.2, 0.25) is 0 Å². The molecule has 0 radical (unpaired) electrons. The number of anilines is 1. The van der Waals surface area contributed by atoms with Gasteiger partial charge in [-0.2, -0.15) is 0 Å². The Kier molecular flexibility index (Phi) is 5.88. The van der Waals surface area contributed by atoms with Crippen molar-refractivity contribution in [3.8, 4) is 10.4 Å². The van der Waals surface area contributed by atoms with Crippen LogP contribution in [0.15, 0.2) is 66.0 Å². The molecule has 1 aromatic heterocycles. The molecule has 2 aromatic carbocycles. The van der Waals surface area contributed by atoms with Gasteiger partial charge in [-0.05, 0) is 35.2 Å². The van der Waals surface area contributed by atoms with Gasteiger partial charge in [0.25, 0.3) is 5.91 Å². The van der Waals surface area contributed by atoms with E-state index >= 15 is 0 Å². The molecule has 6 heteroatoms. The number of nitrogens with one attached hydrogen (secondary N) is 1. The lowest BCUT2D eigenvalue weighted by Gasteiger charge is -2.18. The SMILES string of the molecule is COC(=O)C(Cc1ccccc1)NC(=O)c1ccc(N)cc1-c1cccs1. The first-order valence-electron chi connectivity index (χ1n) is 8.44. The molecule has 0 fully saturated rings. The summed E-state index contributed by atoms with van der Waals surface area (Å²) in [6.07, 6.45) is 0.350. The van der Waals surface area contributed by atoms with Gasteiger partial charge in [-0.3, -0.25) is 4.79 Å². The number of rotatable bonds is 6. The number of benzene rings is 2. The second-order valence-electron chi connectivity index (χ2n) is 6.02. The Balaban J connectivity index is 1.87. The minimum absolute atomic E-state index is 0.343. The van der Waals surface area contributed by atoms with Gasteiger partial charge in [0, 0.05) is 28.1 Å². The molecule has 3 aromatic rings. The molecule has 0 spiro atoms. The zero-order valence-corrected chi connectivity index (χ0v) is 15.7. The fourth-order valence-electron chi connectivity index (χ4n) is 2.82. The van der Waals surface area contributed by atoms with Gasteiger partial charge >= 0.3 is 5.97 Å². The molecule has 5 nitrogen and oxygen atoms in total. The summed E-state index contributed by atoms with van der Waals surface area (Å²) in [6, 6.07) is 17.7. The number of thiophene rings is 1. The van der Waals surface area contributed by atoms with Gasteiger partial charge in [-0.15, -0.1) is 11.3 Å². The van der Waals surface area contributed by atoms with Crippen molar-refractivity contribution in [3.63, 3.8) is 0 Å². The Morgan fingerprint density at radius 3 is 2.56 bits per heavy atom. The molecule has 0 aliphatic heterocycles. The second-order valence-corrected chi connectivity index (χ2v) is 6.97. The highest BCUT2D eigenvalue weighted by atomic mass is 32.1. The third kappa shape index (κ3) is 4.54. The van der Waals surface area contributed by atoms with Crippen molar-refractivity contribution >= 4 is 28.9 Å². The minimum atomic E-state index is -0.779. The number of carbonyl (C=O) groups is 2. The molecular weight excluding hydrogens is 360 g/mol. The second kappa shape index (κ2) is 8.51. The van der Waals surface area contributed by atoms with Gasteiger partial charge in [0.05, 0.1) is 7.11 Å². The first-order chi connectivity index (χ1) is 13.1. The molecule has 27 heavy (non-hydrogen) atoms. The van der Waals surface area contributed by atoms with E-state index in [4.69, 9.17) is 10.5 Å². The highest BCUT2D eigenvalue weighted by molar-refractivity contribution is 7.13. The maximum atomic E-state index is 12.9. The number of esters is 1. The fourth-order valence-corrected chi connectivity index (χ4v) is 3.57. The predicted octanol–water partition coefficient (Wildman–Crippen LogP) is 3.51. The van der Waals surface area contributed by atoms with E-state index in [9.17, 15) is 9.59 Å². The summed E-state index contributed by atoms with van der Waals surface area (Å²) in [7, 11) is 1.31. The largest absolute Gasteiger partial charge is 0.467 e. The van der Waals surface area contributed by atoms with E-state index in [0.29, 0.717) is 17.7 Å². The Labute approximate surface area is 161 Å². The number of amides is 1. The standard InChI is InChI=1S/C21H20N2O3S/c1-26-21(25)18(12-14-6-3-2-4-7-14)23-20(24)16-10-9-15(22)13-17(16)19-8-5-11-27-19/h2-11,13,18H,12,22H2,1H3,(H,23,24). The summed E-state index contributed by atoms with van der Waals surface area (Å²) < 4.78 is 4.87. The zero-order valence-electron chi connectivity index (χ0n) is 14.8. The normalized spacial score (nSPS) is 11.6. The third-order valence-corrected chi connectivity index (χ3v) is 5.05. The maximum Gasteiger partial charge on any atom is 0.328 e. The molecule has 1 atom stereocenters. The summed E-state index contributed by atoms with van der Waals surface area (Å²) >= 11 is 1.52. The lowest BCUT2D eigenvalue weighted by molar-refractivity contribution is -0.142. The molecule has 0 saturated carbocycles. The fraction of sp³-hybridized carbons (Fsp3) is 0.143. The van der Waals surface area contributed by atoms with Crippen LogP contribution in [0, 0.1) is 0 Å². The summed E-state index contributed by atoms with van der Waals surface area (Å²) in [6.45, 7) is 0. The molecular formula is C21H20N2O3S. The summed E-state index contributed by atoms with van der Waals surface area (Å²) in [5.74, 6) is -0.829. The van der Waals surface area contributed by atoms with Crippen molar-refractivity contribution in [1.29, 1.82) is 0 Å². The zero-order chi connectivity index (χ0) is 19.2. The molecule has 1 heterocycles. The smallest absolute Gasteiger partial charge is 0.328 e. The first-order valence-corrected chi connectivity index (χ1v) is 9.32. The summed E-state index contributed by atoms with van der Waals surface area (Å²) in [5.41, 5.74) is 8.62. The average Bonchev–Trinajstić information content (AvgIpc) is 3.22. The number of hydrogen-bond donors (Lipinski definition) is 2. The molecule has 0 aliphatic rings. The Bertz CT molecular complexity index is 924. The van der Waals surface area contributed by atoms with E-state index in [-0.39, 0.29) is 5.91 Å². The molecule has 0 saturated heterocycles. The van der Waals surface area contributed by atoms with E-state index in [1.54, 1.807) is 18.2 Å². The van der Waals surface area contributed by atoms with Gasteiger partial charge in [-0.1, -0.05) is 36.4 Å². The highest BCUT2D eigenvalue weighted by Crippen LogP contribution is 2.30. The number of carbonyl (C=O) groups excluding carboxylic acids is 2. The molecule has 0 aliphatic carbocycles. The van der Waals surface area contributed by atoms with Crippen molar-refractivity contribution < 1.29 is 14.3 Å². The van der Waals surface area contributed by atoms with Crippen LogP contribution in [0.3, 0.4) is 0 Å². The van der Waals surface area contributed by atoms with E-state index in [1.807, 2.05) is 47.8 Å². The highest BCUT2D eigenvalue weighted by Gasteiger charge is 2.24. The van der Waals surface area contributed by atoms with Crippen LogP contribution in [-0.2, 0) is 16.0 Å². The number of nitrogen functional groups attached to an aromatic ring is 1. The number of nitrogens with two attached hydrogens (primary N) is 1. The molecule has 138 valence electrons. The Hall–Kier alpha value is -3.12. The quantitative estimate of drug-likeness (QED) is 0.506. The molecule has 3 rings (SSSR count). The van der Waals surface area contributed by atoms with E-state index < -0.39 is 12.0 Å². The van der Waals surface area contributed by atoms with Crippen LogP contribution in [0.1, 0.15) is 15.9 Å². The monoisotopic (exact) mass is 380 g/mol. The summed E-state index contributed by atoms with van der Waals surface area (Å²) in [4.78, 5) is 26.1. The summed E-state index contributed by atoms with van der Waals surface area (Å²) in [5, 5.41) is 4.74. The van der Waals surface area contributed by atoms with Crippen molar-refractivity contribution in [2.24, 2.45) is 0 Å². The predicted molar refractivity (Wildman–Crippen MR) is 108 cm³/mol. The van der Waals surface area contributed by atoms with Gasteiger partial charge in [0.15, 0.2) is 0 Å². The number of methoxy groups -OCH3 is 1. The Morgan fingerprint density at radius 1 is 1.11 bits per heavy atom. The number of hydrogen-bond acceptors (Lipinski definition) is 5. The van der Waals surface area contributed by atoms with Crippen LogP contribution >= 0.6 is 11.3 Å². The maximum absolute atomic E-state index is 12.9. The molecule has 0 bridgehead atoms.